The zero-order valence-corrected chi connectivity index (χ0v) is 10.9. The maximum Gasteiger partial charge on any atom is 0.251 e. The van der Waals surface area contributed by atoms with Crippen molar-refractivity contribution in [2.24, 2.45) is 0 Å². The molecule has 0 aromatic heterocycles. The molecule has 1 aromatic rings. The Morgan fingerprint density at radius 2 is 2.22 bits per heavy atom. The molecule has 0 saturated heterocycles. The summed E-state index contributed by atoms with van der Waals surface area (Å²) in [6.45, 7) is 1.90. The molecule has 2 unspecified atom stereocenters. The van der Waals surface area contributed by atoms with E-state index in [1.807, 2.05) is 13.0 Å². The number of amides is 1. The van der Waals surface area contributed by atoms with E-state index in [1.54, 1.807) is 19.2 Å². The number of ether oxygens (including phenoxy) is 1. The van der Waals surface area contributed by atoms with Crippen LogP contribution in [0.25, 0.3) is 0 Å². The molecule has 1 amide bonds. The van der Waals surface area contributed by atoms with Gasteiger partial charge in [0.15, 0.2) is 0 Å². The molecule has 2 rings (SSSR count). The van der Waals surface area contributed by atoms with Gasteiger partial charge in [0.05, 0.1) is 6.10 Å². The summed E-state index contributed by atoms with van der Waals surface area (Å²) in [6.07, 6.45) is 3.18. The minimum Gasteiger partial charge on any atom is -0.399 e. The first-order valence-corrected chi connectivity index (χ1v) is 6.30. The van der Waals surface area contributed by atoms with Gasteiger partial charge in [0.1, 0.15) is 0 Å². The highest BCUT2D eigenvalue weighted by Crippen LogP contribution is 2.22. The molecule has 98 valence electrons. The smallest absolute Gasteiger partial charge is 0.251 e. The molecule has 1 aliphatic carbocycles. The lowest BCUT2D eigenvalue weighted by Crippen LogP contribution is -2.33. The first-order chi connectivity index (χ1) is 8.60. The van der Waals surface area contributed by atoms with Crippen molar-refractivity contribution in [3.05, 3.63) is 29.3 Å². The number of aryl methyl sites for hydroxylation is 1. The third kappa shape index (κ3) is 2.82. The van der Waals surface area contributed by atoms with Gasteiger partial charge in [0, 0.05) is 24.4 Å². The summed E-state index contributed by atoms with van der Waals surface area (Å²) in [5, 5.41) is 3.06. The lowest BCUT2D eigenvalue weighted by Gasteiger charge is -2.14. The SMILES string of the molecule is COC1CCC(NC(=O)c2ccc(N)cc2C)C1. The molecule has 3 N–H and O–H groups in total. The van der Waals surface area contributed by atoms with Gasteiger partial charge in [-0.3, -0.25) is 4.79 Å². The maximum atomic E-state index is 12.1. The number of nitrogens with one attached hydrogen (secondary N) is 1. The summed E-state index contributed by atoms with van der Waals surface area (Å²) in [6, 6.07) is 5.58. The predicted molar refractivity (Wildman–Crippen MR) is 71.5 cm³/mol. The number of benzene rings is 1. The summed E-state index contributed by atoms with van der Waals surface area (Å²) in [4.78, 5) is 12.1. The Balaban J connectivity index is 2.00. The number of carbonyl (C=O) groups is 1. The first kappa shape index (κ1) is 12.9. The van der Waals surface area contributed by atoms with Crippen molar-refractivity contribution in [3.63, 3.8) is 0 Å². The van der Waals surface area contributed by atoms with E-state index in [4.69, 9.17) is 10.5 Å². The highest BCUT2D eigenvalue weighted by molar-refractivity contribution is 5.96. The molecule has 18 heavy (non-hydrogen) atoms. The van der Waals surface area contributed by atoms with Gasteiger partial charge >= 0.3 is 0 Å². The fraction of sp³-hybridized carbons (Fsp3) is 0.500. The fourth-order valence-electron chi connectivity index (χ4n) is 2.49. The van der Waals surface area contributed by atoms with Crippen LogP contribution < -0.4 is 11.1 Å². The number of nitrogens with two attached hydrogens (primary N) is 1. The molecule has 0 spiro atoms. The molecule has 0 bridgehead atoms. The molecular weight excluding hydrogens is 228 g/mol. The van der Waals surface area contributed by atoms with Crippen LogP contribution in [0, 0.1) is 6.92 Å². The number of rotatable bonds is 3. The molecule has 0 radical (unpaired) electrons. The number of anilines is 1. The Kier molecular flexibility index (Phi) is 3.87. The first-order valence-electron chi connectivity index (χ1n) is 6.30. The molecule has 1 fully saturated rings. The molecule has 1 aliphatic rings. The monoisotopic (exact) mass is 248 g/mol. The van der Waals surface area contributed by atoms with Crippen LogP contribution in [0.3, 0.4) is 0 Å². The van der Waals surface area contributed by atoms with Gasteiger partial charge in [-0.05, 0) is 49.9 Å². The summed E-state index contributed by atoms with van der Waals surface area (Å²) in [7, 11) is 1.72. The summed E-state index contributed by atoms with van der Waals surface area (Å²) >= 11 is 0. The highest BCUT2D eigenvalue weighted by Gasteiger charge is 2.26. The predicted octanol–water partition coefficient (Wildman–Crippen LogP) is 1.87. The van der Waals surface area contributed by atoms with Crippen molar-refractivity contribution in [1.29, 1.82) is 0 Å². The topological polar surface area (TPSA) is 64.3 Å². The van der Waals surface area contributed by atoms with Gasteiger partial charge in [-0.15, -0.1) is 0 Å². The van der Waals surface area contributed by atoms with Crippen molar-refractivity contribution < 1.29 is 9.53 Å². The Morgan fingerprint density at radius 3 is 2.83 bits per heavy atom. The third-order valence-electron chi connectivity index (χ3n) is 3.55. The zero-order valence-electron chi connectivity index (χ0n) is 10.9. The molecule has 1 aromatic carbocycles. The van der Waals surface area contributed by atoms with Gasteiger partial charge in [-0.25, -0.2) is 0 Å². The van der Waals surface area contributed by atoms with Crippen LogP contribution >= 0.6 is 0 Å². The molecule has 0 heterocycles. The van der Waals surface area contributed by atoms with Gasteiger partial charge in [0.25, 0.3) is 5.91 Å². The molecular formula is C14H20N2O2. The average molecular weight is 248 g/mol. The molecule has 4 heteroatoms. The van der Waals surface area contributed by atoms with E-state index in [2.05, 4.69) is 5.32 Å². The minimum atomic E-state index is -0.0192. The lowest BCUT2D eigenvalue weighted by molar-refractivity contribution is 0.0914. The second-order valence-corrected chi connectivity index (χ2v) is 4.92. The highest BCUT2D eigenvalue weighted by atomic mass is 16.5. The average Bonchev–Trinajstić information content (AvgIpc) is 2.76. The fourth-order valence-corrected chi connectivity index (χ4v) is 2.49. The molecule has 2 atom stereocenters. The van der Waals surface area contributed by atoms with Crippen molar-refractivity contribution in [3.8, 4) is 0 Å². The third-order valence-corrected chi connectivity index (χ3v) is 3.55. The van der Waals surface area contributed by atoms with E-state index < -0.39 is 0 Å². The molecule has 1 saturated carbocycles. The van der Waals surface area contributed by atoms with E-state index >= 15 is 0 Å². The van der Waals surface area contributed by atoms with E-state index in [0.717, 1.165) is 24.8 Å². The maximum absolute atomic E-state index is 12.1. The number of hydrogen-bond acceptors (Lipinski definition) is 3. The van der Waals surface area contributed by atoms with Crippen LogP contribution in [-0.4, -0.2) is 25.2 Å². The largest absolute Gasteiger partial charge is 0.399 e. The van der Waals surface area contributed by atoms with E-state index in [9.17, 15) is 4.79 Å². The zero-order chi connectivity index (χ0) is 13.1. The van der Waals surface area contributed by atoms with Crippen LogP contribution in [0.4, 0.5) is 5.69 Å². The van der Waals surface area contributed by atoms with E-state index in [1.165, 1.54) is 0 Å². The van der Waals surface area contributed by atoms with Crippen LogP contribution in [-0.2, 0) is 4.74 Å². The standard InChI is InChI=1S/C14H20N2O2/c1-9-7-10(15)3-6-13(9)14(17)16-11-4-5-12(8-11)18-2/h3,6-7,11-12H,4-5,8,15H2,1-2H3,(H,16,17). The molecule has 4 nitrogen and oxygen atoms in total. The summed E-state index contributed by atoms with van der Waals surface area (Å²) in [5.74, 6) is -0.0192. The second-order valence-electron chi connectivity index (χ2n) is 4.92. The van der Waals surface area contributed by atoms with Crippen molar-refractivity contribution >= 4 is 11.6 Å². The Morgan fingerprint density at radius 1 is 1.44 bits per heavy atom. The quantitative estimate of drug-likeness (QED) is 0.803. The normalized spacial score (nSPS) is 23.0. The van der Waals surface area contributed by atoms with Crippen LogP contribution in [0.5, 0.6) is 0 Å². The van der Waals surface area contributed by atoms with Crippen LogP contribution in [0.2, 0.25) is 0 Å². The van der Waals surface area contributed by atoms with Crippen molar-refractivity contribution in [2.75, 3.05) is 12.8 Å². The van der Waals surface area contributed by atoms with Crippen LogP contribution in [0.1, 0.15) is 35.2 Å². The minimum absolute atomic E-state index is 0.0192. The number of hydrogen-bond donors (Lipinski definition) is 2. The van der Waals surface area contributed by atoms with Crippen molar-refractivity contribution in [1.82, 2.24) is 5.32 Å². The summed E-state index contributed by atoms with van der Waals surface area (Å²) in [5.41, 5.74) is 7.97. The van der Waals surface area contributed by atoms with Crippen molar-refractivity contribution in [2.45, 2.75) is 38.3 Å². The lowest BCUT2D eigenvalue weighted by atomic mass is 10.1. The Labute approximate surface area is 108 Å². The van der Waals surface area contributed by atoms with E-state index in [0.29, 0.717) is 11.3 Å². The number of methoxy groups -OCH3 is 1. The number of carbonyl (C=O) groups excluding carboxylic acids is 1. The Hall–Kier alpha value is -1.55. The van der Waals surface area contributed by atoms with Gasteiger partial charge in [-0.1, -0.05) is 0 Å². The summed E-state index contributed by atoms with van der Waals surface area (Å²) < 4.78 is 5.30. The van der Waals surface area contributed by atoms with E-state index in [-0.39, 0.29) is 18.1 Å². The molecule has 0 aliphatic heterocycles. The van der Waals surface area contributed by atoms with Gasteiger partial charge < -0.3 is 15.8 Å². The number of nitrogen functional groups attached to an aromatic ring is 1. The van der Waals surface area contributed by atoms with Gasteiger partial charge in [-0.2, -0.15) is 0 Å². The van der Waals surface area contributed by atoms with Crippen LogP contribution in [0.15, 0.2) is 18.2 Å². The Bertz CT molecular complexity index is 445. The van der Waals surface area contributed by atoms with Gasteiger partial charge in [0.2, 0.25) is 0 Å². The second kappa shape index (κ2) is 5.40.